The number of anilines is 1. The lowest BCUT2D eigenvalue weighted by atomic mass is 10.1. The fourth-order valence-corrected chi connectivity index (χ4v) is 4.86. The van der Waals surface area contributed by atoms with Crippen molar-refractivity contribution < 1.29 is 17.5 Å². The Labute approximate surface area is 175 Å². The first-order valence-corrected chi connectivity index (χ1v) is 11.2. The van der Waals surface area contributed by atoms with Crippen LogP contribution < -0.4 is 10.6 Å². The van der Waals surface area contributed by atoms with E-state index in [9.17, 15) is 12.8 Å². The highest BCUT2D eigenvalue weighted by Gasteiger charge is 2.24. The SMILES string of the molecule is CNCc1cc(-c2ccccc2F)n(S(=O)(=O)c2cccc(NCC3CCO3)c2)c1. The van der Waals surface area contributed by atoms with Crippen LogP contribution in [0.5, 0.6) is 0 Å². The molecule has 0 spiro atoms. The monoisotopic (exact) mass is 429 g/mol. The van der Waals surface area contributed by atoms with Crippen LogP contribution in [0.25, 0.3) is 11.3 Å². The van der Waals surface area contributed by atoms with Gasteiger partial charge >= 0.3 is 0 Å². The first-order valence-electron chi connectivity index (χ1n) is 9.81. The largest absolute Gasteiger partial charge is 0.382 e. The highest BCUT2D eigenvalue weighted by Crippen LogP contribution is 2.30. The first kappa shape index (κ1) is 20.6. The van der Waals surface area contributed by atoms with Crippen LogP contribution in [-0.2, 0) is 21.3 Å². The van der Waals surface area contributed by atoms with Crippen molar-refractivity contribution in [3.05, 3.63) is 72.2 Å². The Morgan fingerprint density at radius 3 is 2.67 bits per heavy atom. The maximum atomic E-state index is 14.5. The molecular formula is C22H24FN3O3S. The number of nitrogens with zero attached hydrogens (tertiary/aromatic N) is 1. The van der Waals surface area contributed by atoms with Gasteiger partial charge in [-0.15, -0.1) is 0 Å². The maximum Gasteiger partial charge on any atom is 0.268 e. The summed E-state index contributed by atoms with van der Waals surface area (Å²) in [6, 6.07) is 14.5. The molecule has 0 aliphatic carbocycles. The van der Waals surface area contributed by atoms with E-state index in [1.54, 1.807) is 49.5 Å². The van der Waals surface area contributed by atoms with Crippen LogP contribution in [0, 0.1) is 5.82 Å². The fourth-order valence-electron chi connectivity index (χ4n) is 3.42. The van der Waals surface area contributed by atoms with E-state index in [1.807, 2.05) is 6.07 Å². The smallest absolute Gasteiger partial charge is 0.268 e. The second-order valence-electron chi connectivity index (χ2n) is 7.23. The zero-order valence-electron chi connectivity index (χ0n) is 16.6. The molecule has 30 heavy (non-hydrogen) atoms. The molecule has 6 nitrogen and oxygen atoms in total. The van der Waals surface area contributed by atoms with Gasteiger partial charge in [-0.3, -0.25) is 0 Å². The van der Waals surface area contributed by atoms with Crippen LogP contribution in [0.1, 0.15) is 12.0 Å². The van der Waals surface area contributed by atoms with E-state index < -0.39 is 15.8 Å². The molecule has 0 radical (unpaired) electrons. The van der Waals surface area contributed by atoms with Crippen molar-refractivity contribution in [3.63, 3.8) is 0 Å². The highest BCUT2D eigenvalue weighted by atomic mass is 32.2. The Morgan fingerprint density at radius 2 is 1.97 bits per heavy atom. The van der Waals surface area contributed by atoms with Crippen molar-refractivity contribution in [2.75, 3.05) is 25.5 Å². The topological polar surface area (TPSA) is 72.4 Å². The minimum absolute atomic E-state index is 0.131. The summed E-state index contributed by atoms with van der Waals surface area (Å²) in [4.78, 5) is 0.131. The molecule has 1 aliphatic rings. The normalized spacial score (nSPS) is 16.3. The van der Waals surface area contributed by atoms with Crippen molar-refractivity contribution in [2.24, 2.45) is 0 Å². The molecule has 4 rings (SSSR count). The summed E-state index contributed by atoms with van der Waals surface area (Å²) in [6.45, 7) is 1.86. The Balaban J connectivity index is 1.72. The molecule has 1 saturated heterocycles. The standard InChI is InChI=1S/C22H24FN3O3S/c1-24-13-16-11-22(20-7-2-3-8-21(20)23)26(15-16)30(27,28)19-6-4-5-17(12-19)25-14-18-9-10-29-18/h2-8,11-12,15,18,24-25H,9-10,13-14H2,1H3. The van der Waals surface area contributed by atoms with Crippen LogP contribution in [0.3, 0.4) is 0 Å². The van der Waals surface area contributed by atoms with E-state index in [2.05, 4.69) is 10.6 Å². The summed E-state index contributed by atoms with van der Waals surface area (Å²) in [5.74, 6) is -0.473. The molecule has 3 aromatic rings. The molecular weight excluding hydrogens is 405 g/mol. The lowest BCUT2D eigenvalue weighted by Crippen LogP contribution is -2.33. The molecule has 2 heterocycles. The fraction of sp³-hybridized carbons (Fsp3) is 0.273. The molecule has 1 unspecified atom stereocenters. The zero-order chi connectivity index (χ0) is 21.1. The summed E-state index contributed by atoms with van der Waals surface area (Å²) < 4.78 is 48.0. The average Bonchev–Trinajstić information content (AvgIpc) is 3.12. The Bertz CT molecular complexity index is 1140. The van der Waals surface area contributed by atoms with Crippen molar-refractivity contribution in [1.29, 1.82) is 0 Å². The van der Waals surface area contributed by atoms with Crippen molar-refractivity contribution in [3.8, 4) is 11.3 Å². The number of halogens is 1. The van der Waals surface area contributed by atoms with Gasteiger partial charge in [-0.05, 0) is 55.4 Å². The maximum absolute atomic E-state index is 14.5. The van der Waals surface area contributed by atoms with Gasteiger partial charge < -0.3 is 15.4 Å². The molecule has 1 fully saturated rings. The van der Waals surface area contributed by atoms with Gasteiger partial charge in [0.2, 0.25) is 0 Å². The van der Waals surface area contributed by atoms with Gasteiger partial charge in [-0.1, -0.05) is 18.2 Å². The molecule has 1 atom stereocenters. The van der Waals surface area contributed by atoms with E-state index in [0.29, 0.717) is 24.5 Å². The number of rotatable bonds is 8. The Kier molecular flexibility index (Phi) is 5.90. The first-order chi connectivity index (χ1) is 14.5. The van der Waals surface area contributed by atoms with E-state index >= 15 is 0 Å². The molecule has 0 amide bonds. The second-order valence-corrected chi connectivity index (χ2v) is 9.05. The van der Waals surface area contributed by atoms with Crippen molar-refractivity contribution >= 4 is 15.7 Å². The number of aromatic nitrogens is 1. The average molecular weight is 430 g/mol. The summed E-state index contributed by atoms with van der Waals surface area (Å²) in [5.41, 5.74) is 1.97. The predicted octanol–water partition coefficient (Wildman–Crippen LogP) is 3.45. The van der Waals surface area contributed by atoms with Crippen LogP contribution in [0.4, 0.5) is 10.1 Å². The van der Waals surface area contributed by atoms with Crippen molar-refractivity contribution in [1.82, 2.24) is 9.29 Å². The van der Waals surface area contributed by atoms with Gasteiger partial charge in [0.25, 0.3) is 10.0 Å². The number of ether oxygens (including phenoxy) is 1. The van der Waals surface area contributed by atoms with Gasteiger partial charge in [-0.2, -0.15) is 0 Å². The van der Waals surface area contributed by atoms with Crippen LogP contribution in [-0.4, -0.2) is 38.7 Å². The van der Waals surface area contributed by atoms with E-state index in [1.165, 1.54) is 12.3 Å². The Morgan fingerprint density at radius 1 is 1.17 bits per heavy atom. The molecule has 0 saturated carbocycles. The Hall–Kier alpha value is -2.68. The van der Waals surface area contributed by atoms with Gasteiger partial charge in [0.15, 0.2) is 0 Å². The van der Waals surface area contributed by atoms with Crippen molar-refractivity contribution in [2.45, 2.75) is 24.0 Å². The zero-order valence-corrected chi connectivity index (χ0v) is 17.5. The van der Waals surface area contributed by atoms with Gasteiger partial charge in [0.1, 0.15) is 5.82 Å². The number of hydrogen-bond acceptors (Lipinski definition) is 5. The molecule has 1 aromatic heterocycles. The predicted molar refractivity (Wildman–Crippen MR) is 114 cm³/mol. The van der Waals surface area contributed by atoms with Crippen LogP contribution >= 0.6 is 0 Å². The van der Waals surface area contributed by atoms with Crippen LogP contribution in [0.2, 0.25) is 0 Å². The van der Waals surface area contributed by atoms with Gasteiger partial charge in [0.05, 0.1) is 16.7 Å². The minimum atomic E-state index is -3.93. The lowest BCUT2D eigenvalue weighted by Gasteiger charge is -2.26. The summed E-state index contributed by atoms with van der Waals surface area (Å²) in [6.07, 6.45) is 2.69. The number of nitrogens with one attached hydrogen (secondary N) is 2. The molecule has 2 aromatic carbocycles. The van der Waals surface area contributed by atoms with E-state index in [4.69, 9.17) is 4.74 Å². The lowest BCUT2D eigenvalue weighted by molar-refractivity contribution is -0.0410. The third-order valence-electron chi connectivity index (χ3n) is 5.09. The van der Waals surface area contributed by atoms with Gasteiger partial charge in [-0.25, -0.2) is 16.8 Å². The highest BCUT2D eigenvalue weighted by molar-refractivity contribution is 7.90. The molecule has 1 aliphatic heterocycles. The molecule has 0 bridgehead atoms. The third-order valence-corrected chi connectivity index (χ3v) is 6.76. The van der Waals surface area contributed by atoms with Crippen LogP contribution in [0.15, 0.2) is 65.7 Å². The molecule has 2 N–H and O–H groups in total. The van der Waals surface area contributed by atoms with E-state index in [0.717, 1.165) is 22.6 Å². The summed E-state index contributed by atoms with van der Waals surface area (Å²) in [7, 11) is -2.16. The molecule has 8 heteroatoms. The van der Waals surface area contributed by atoms with Gasteiger partial charge in [0, 0.05) is 37.1 Å². The second kappa shape index (κ2) is 8.59. The summed E-state index contributed by atoms with van der Waals surface area (Å²) >= 11 is 0. The molecule has 158 valence electrons. The minimum Gasteiger partial charge on any atom is -0.382 e. The number of hydrogen-bond donors (Lipinski definition) is 2. The summed E-state index contributed by atoms with van der Waals surface area (Å²) in [5, 5.41) is 6.23. The number of benzene rings is 2. The third kappa shape index (κ3) is 4.12. The van der Waals surface area contributed by atoms with E-state index in [-0.39, 0.29) is 16.6 Å². The quantitative estimate of drug-likeness (QED) is 0.574.